The molecule has 2 aliphatic rings. The molecule has 0 unspecified atom stereocenters. The molecule has 2 aliphatic carbocycles. The van der Waals surface area contributed by atoms with Crippen molar-refractivity contribution >= 4 is 17.3 Å². The zero-order chi connectivity index (χ0) is 12.4. The molecule has 2 saturated carbocycles. The lowest BCUT2D eigenvalue weighted by atomic mass is 9.96. The monoisotopic (exact) mass is 261 g/mol. The molecular formula is C14H19N3S. The van der Waals surface area contributed by atoms with E-state index in [4.69, 9.17) is 12.2 Å². The third-order valence-corrected chi connectivity index (χ3v) is 4.52. The molecule has 2 bridgehead atoms. The summed E-state index contributed by atoms with van der Waals surface area (Å²) in [6.07, 6.45) is 9.15. The summed E-state index contributed by atoms with van der Waals surface area (Å²) in [4.78, 5) is 4.01. The Hall–Kier alpha value is -1.16. The topological polar surface area (TPSA) is 37.0 Å². The summed E-state index contributed by atoms with van der Waals surface area (Å²) in [6.45, 7) is 0.773. The molecule has 2 fully saturated rings. The second-order valence-electron chi connectivity index (χ2n) is 5.46. The highest BCUT2D eigenvalue weighted by molar-refractivity contribution is 7.80. The first-order valence-corrected chi connectivity index (χ1v) is 7.15. The van der Waals surface area contributed by atoms with E-state index in [-0.39, 0.29) is 0 Å². The zero-order valence-electron chi connectivity index (χ0n) is 10.4. The summed E-state index contributed by atoms with van der Waals surface area (Å²) in [5.41, 5.74) is 1.21. The average Bonchev–Trinajstić information content (AvgIpc) is 3.00. The van der Waals surface area contributed by atoms with Crippen molar-refractivity contribution in [3.8, 4) is 0 Å². The van der Waals surface area contributed by atoms with Crippen LogP contribution in [0, 0.1) is 11.8 Å². The molecular weight excluding hydrogens is 242 g/mol. The van der Waals surface area contributed by atoms with Gasteiger partial charge in [0.2, 0.25) is 0 Å². The van der Waals surface area contributed by atoms with E-state index in [1.165, 1.54) is 31.2 Å². The molecule has 0 saturated heterocycles. The van der Waals surface area contributed by atoms with Gasteiger partial charge in [-0.1, -0.05) is 6.42 Å². The van der Waals surface area contributed by atoms with Crippen molar-refractivity contribution in [3.05, 3.63) is 30.1 Å². The van der Waals surface area contributed by atoms with Crippen LogP contribution in [0.4, 0.5) is 0 Å². The zero-order valence-corrected chi connectivity index (χ0v) is 11.2. The van der Waals surface area contributed by atoms with Crippen molar-refractivity contribution in [2.45, 2.75) is 38.3 Å². The number of thiocarbonyl (C=S) groups is 1. The van der Waals surface area contributed by atoms with Gasteiger partial charge in [0.25, 0.3) is 0 Å². The van der Waals surface area contributed by atoms with Crippen LogP contribution in [0.1, 0.15) is 31.2 Å². The molecule has 0 spiro atoms. The van der Waals surface area contributed by atoms with Gasteiger partial charge in [-0.2, -0.15) is 0 Å². The Bertz CT molecular complexity index is 420. The highest BCUT2D eigenvalue weighted by Gasteiger charge is 2.39. The molecule has 96 valence electrons. The highest BCUT2D eigenvalue weighted by Crippen LogP contribution is 2.44. The van der Waals surface area contributed by atoms with E-state index in [0.29, 0.717) is 6.04 Å². The second kappa shape index (κ2) is 5.22. The maximum Gasteiger partial charge on any atom is 0.166 e. The molecule has 3 atom stereocenters. The minimum Gasteiger partial charge on any atom is -0.360 e. The quantitative estimate of drug-likeness (QED) is 0.818. The Morgan fingerprint density at radius 3 is 2.78 bits per heavy atom. The first-order valence-electron chi connectivity index (χ1n) is 6.74. The maximum atomic E-state index is 5.37. The third-order valence-electron chi connectivity index (χ3n) is 4.26. The van der Waals surface area contributed by atoms with E-state index in [2.05, 4.69) is 15.6 Å². The number of hydrogen-bond acceptors (Lipinski definition) is 2. The Balaban J connectivity index is 1.45. The van der Waals surface area contributed by atoms with Crippen molar-refractivity contribution in [1.82, 2.24) is 15.6 Å². The van der Waals surface area contributed by atoms with Crippen LogP contribution in [0.25, 0.3) is 0 Å². The average molecular weight is 261 g/mol. The van der Waals surface area contributed by atoms with Crippen LogP contribution in [-0.2, 0) is 6.54 Å². The Morgan fingerprint density at radius 1 is 1.28 bits per heavy atom. The molecule has 2 N–H and O–H groups in total. The largest absolute Gasteiger partial charge is 0.360 e. The van der Waals surface area contributed by atoms with Gasteiger partial charge < -0.3 is 10.6 Å². The van der Waals surface area contributed by atoms with Gasteiger partial charge in [0.05, 0.1) is 0 Å². The van der Waals surface area contributed by atoms with E-state index in [0.717, 1.165) is 23.5 Å². The molecule has 18 heavy (non-hydrogen) atoms. The molecule has 0 radical (unpaired) electrons. The lowest BCUT2D eigenvalue weighted by Crippen LogP contribution is -2.43. The summed E-state index contributed by atoms with van der Waals surface area (Å²) in [5, 5.41) is 7.56. The fourth-order valence-corrected chi connectivity index (χ4v) is 3.55. The standard InChI is InChI=1S/C14H19N3S/c18-14(16-9-10-3-5-15-6-4-10)17-13-8-11-1-2-12(13)7-11/h3-6,11-13H,1-2,7-9H2,(H2,16,17,18)/t11-,12-,13-/m0/s1. The summed E-state index contributed by atoms with van der Waals surface area (Å²) in [5.74, 6) is 1.81. The van der Waals surface area contributed by atoms with Crippen LogP contribution < -0.4 is 10.6 Å². The first kappa shape index (κ1) is 11.9. The van der Waals surface area contributed by atoms with E-state index >= 15 is 0 Å². The fourth-order valence-electron chi connectivity index (χ4n) is 3.32. The number of nitrogens with zero attached hydrogens (tertiary/aromatic N) is 1. The van der Waals surface area contributed by atoms with Crippen molar-refractivity contribution in [2.75, 3.05) is 0 Å². The number of hydrogen-bond donors (Lipinski definition) is 2. The molecule has 3 nitrogen and oxygen atoms in total. The summed E-state index contributed by atoms with van der Waals surface area (Å²) in [7, 11) is 0. The van der Waals surface area contributed by atoms with Gasteiger partial charge in [-0.3, -0.25) is 4.98 Å². The number of pyridine rings is 1. The molecule has 0 aromatic carbocycles. The normalized spacial score (nSPS) is 29.2. The van der Waals surface area contributed by atoms with Crippen LogP contribution in [0.5, 0.6) is 0 Å². The minimum atomic E-state index is 0.612. The number of aromatic nitrogens is 1. The van der Waals surface area contributed by atoms with E-state index in [1.54, 1.807) is 0 Å². The predicted molar refractivity (Wildman–Crippen MR) is 76.0 cm³/mol. The molecule has 1 aromatic rings. The van der Waals surface area contributed by atoms with Crippen LogP contribution in [-0.4, -0.2) is 16.1 Å². The smallest absolute Gasteiger partial charge is 0.166 e. The lowest BCUT2D eigenvalue weighted by molar-refractivity contribution is 0.389. The van der Waals surface area contributed by atoms with Crippen LogP contribution >= 0.6 is 12.2 Å². The van der Waals surface area contributed by atoms with Crippen molar-refractivity contribution in [1.29, 1.82) is 0 Å². The first-order chi connectivity index (χ1) is 8.81. The highest BCUT2D eigenvalue weighted by atomic mass is 32.1. The Kier molecular flexibility index (Phi) is 3.46. The van der Waals surface area contributed by atoms with Crippen LogP contribution in [0.15, 0.2) is 24.5 Å². The van der Waals surface area contributed by atoms with Crippen molar-refractivity contribution in [2.24, 2.45) is 11.8 Å². The molecule has 0 aliphatic heterocycles. The summed E-state index contributed by atoms with van der Waals surface area (Å²) in [6, 6.07) is 4.63. The van der Waals surface area contributed by atoms with Gasteiger partial charge in [0.15, 0.2) is 5.11 Å². The van der Waals surface area contributed by atoms with E-state index in [1.807, 2.05) is 24.5 Å². The van der Waals surface area contributed by atoms with E-state index < -0.39 is 0 Å². The van der Waals surface area contributed by atoms with Crippen LogP contribution in [0.3, 0.4) is 0 Å². The predicted octanol–water partition coefficient (Wildman–Crippen LogP) is 2.23. The van der Waals surface area contributed by atoms with Gasteiger partial charge in [-0.15, -0.1) is 0 Å². The minimum absolute atomic E-state index is 0.612. The molecule has 0 amide bonds. The lowest BCUT2D eigenvalue weighted by Gasteiger charge is -2.24. The van der Waals surface area contributed by atoms with Crippen molar-refractivity contribution < 1.29 is 0 Å². The Labute approximate surface area is 113 Å². The second-order valence-corrected chi connectivity index (χ2v) is 5.87. The Morgan fingerprint density at radius 2 is 2.11 bits per heavy atom. The van der Waals surface area contributed by atoms with Crippen LogP contribution in [0.2, 0.25) is 0 Å². The number of rotatable bonds is 3. The van der Waals surface area contributed by atoms with Gasteiger partial charge in [-0.05, 0) is 61.0 Å². The summed E-state index contributed by atoms with van der Waals surface area (Å²) >= 11 is 5.37. The number of fused-ring (bicyclic) bond motifs is 2. The van der Waals surface area contributed by atoms with E-state index in [9.17, 15) is 0 Å². The molecule has 1 heterocycles. The molecule has 4 heteroatoms. The van der Waals surface area contributed by atoms with Gasteiger partial charge in [0.1, 0.15) is 0 Å². The third kappa shape index (κ3) is 2.64. The van der Waals surface area contributed by atoms with Gasteiger partial charge >= 0.3 is 0 Å². The molecule has 3 rings (SSSR count). The molecule has 1 aromatic heterocycles. The number of nitrogens with one attached hydrogen (secondary N) is 2. The SMILES string of the molecule is S=C(NCc1ccncc1)N[C@H]1C[C@H]2CC[C@H]1C2. The van der Waals surface area contributed by atoms with Gasteiger partial charge in [-0.25, -0.2) is 0 Å². The fraction of sp³-hybridized carbons (Fsp3) is 0.571. The summed E-state index contributed by atoms with van der Waals surface area (Å²) < 4.78 is 0. The van der Waals surface area contributed by atoms with Gasteiger partial charge in [0, 0.05) is 25.0 Å². The van der Waals surface area contributed by atoms with Crippen molar-refractivity contribution in [3.63, 3.8) is 0 Å². The maximum absolute atomic E-state index is 5.37.